The van der Waals surface area contributed by atoms with Gasteiger partial charge in [0.25, 0.3) is 5.91 Å². The van der Waals surface area contributed by atoms with E-state index in [4.69, 9.17) is 0 Å². The molecule has 1 amide bonds. The molecule has 0 aliphatic carbocycles. The molecule has 0 radical (unpaired) electrons. The van der Waals surface area contributed by atoms with Gasteiger partial charge in [0.15, 0.2) is 0 Å². The Kier molecular flexibility index (Phi) is 6.69. The van der Waals surface area contributed by atoms with Crippen LogP contribution in [-0.4, -0.2) is 60.7 Å². The van der Waals surface area contributed by atoms with Crippen LogP contribution in [0.1, 0.15) is 42.2 Å². The van der Waals surface area contributed by atoms with E-state index >= 15 is 0 Å². The molecule has 2 saturated heterocycles. The van der Waals surface area contributed by atoms with Crippen LogP contribution in [0, 0.1) is 5.92 Å². The SMILES string of the molecule is CC1CN(Cc2ccccn2)CCC1NC(=O)c1cccc(S(=O)(=O)N2CCCC2)c1. The molecule has 2 aromatic rings. The van der Waals surface area contributed by atoms with Gasteiger partial charge < -0.3 is 5.32 Å². The largest absolute Gasteiger partial charge is 0.349 e. The van der Waals surface area contributed by atoms with Gasteiger partial charge in [0.1, 0.15) is 0 Å². The molecule has 3 heterocycles. The molecule has 166 valence electrons. The van der Waals surface area contributed by atoms with E-state index < -0.39 is 10.0 Å². The molecule has 1 aromatic heterocycles. The Balaban J connectivity index is 1.37. The van der Waals surface area contributed by atoms with Crippen LogP contribution in [0.4, 0.5) is 0 Å². The van der Waals surface area contributed by atoms with Crippen LogP contribution in [-0.2, 0) is 16.6 Å². The highest BCUT2D eigenvalue weighted by Crippen LogP contribution is 2.23. The molecule has 31 heavy (non-hydrogen) atoms. The predicted molar refractivity (Wildman–Crippen MR) is 119 cm³/mol. The van der Waals surface area contributed by atoms with Crippen LogP contribution in [0.3, 0.4) is 0 Å². The molecule has 0 saturated carbocycles. The first kappa shape index (κ1) is 21.9. The highest BCUT2D eigenvalue weighted by Gasteiger charge is 2.30. The van der Waals surface area contributed by atoms with Crippen molar-refractivity contribution in [3.8, 4) is 0 Å². The first-order valence-electron chi connectivity index (χ1n) is 11.0. The van der Waals surface area contributed by atoms with Crippen LogP contribution in [0.2, 0.25) is 0 Å². The van der Waals surface area contributed by atoms with E-state index in [1.807, 2.05) is 24.4 Å². The number of nitrogens with one attached hydrogen (secondary N) is 1. The molecule has 1 aromatic carbocycles. The molecule has 8 heteroatoms. The number of aromatic nitrogens is 1. The maximum Gasteiger partial charge on any atom is 0.251 e. The number of rotatable bonds is 6. The number of hydrogen-bond donors (Lipinski definition) is 1. The number of benzene rings is 1. The second kappa shape index (κ2) is 9.46. The second-order valence-corrected chi connectivity index (χ2v) is 10.5. The van der Waals surface area contributed by atoms with Gasteiger partial charge in [0, 0.05) is 50.5 Å². The summed E-state index contributed by atoms with van der Waals surface area (Å²) in [4.78, 5) is 19.8. The molecular formula is C23H30N4O3S. The first-order chi connectivity index (χ1) is 14.9. The number of carbonyl (C=O) groups excluding carboxylic acids is 1. The number of pyridine rings is 1. The zero-order valence-electron chi connectivity index (χ0n) is 17.9. The second-order valence-electron chi connectivity index (χ2n) is 8.54. The smallest absolute Gasteiger partial charge is 0.251 e. The van der Waals surface area contributed by atoms with Crippen molar-refractivity contribution in [2.45, 2.75) is 43.7 Å². The highest BCUT2D eigenvalue weighted by molar-refractivity contribution is 7.89. The van der Waals surface area contributed by atoms with Gasteiger partial charge in [-0.15, -0.1) is 0 Å². The third-order valence-corrected chi connectivity index (χ3v) is 8.11. The third kappa shape index (κ3) is 5.14. The predicted octanol–water partition coefficient (Wildman–Crippen LogP) is 2.51. The normalized spacial score (nSPS) is 23.0. The molecule has 0 spiro atoms. The Hall–Kier alpha value is -2.29. The Morgan fingerprint density at radius 3 is 2.65 bits per heavy atom. The van der Waals surface area contributed by atoms with Gasteiger partial charge in [0.2, 0.25) is 10.0 Å². The molecule has 4 rings (SSSR count). The standard InChI is InChI=1S/C23H30N4O3S/c1-18-16-26(17-20-8-2-3-11-24-20)14-10-22(18)25-23(28)19-7-6-9-21(15-19)31(29,30)27-12-4-5-13-27/h2-3,6-9,11,15,18,22H,4-5,10,12-14,16-17H2,1H3,(H,25,28). The van der Waals surface area contributed by atoms with Crippen LogP contribution in [0.15, 0.2) is 53.6 Å². The Bertz CT molecular complexity index is 1010. The lowest BCUT2D eigenvalue weighted by Gasteiger charge is -2.37. The molecule has 2 aliphatic rings. The van der Waals surface area contributed by atoms with E-state index in [1.165, 1.54) is 10.4 Å². The van der Waals surface area contributed by atoms with E-state index in [0.717, 1.165) is 44.6 Å². The summed E-state index contributed by atoms with van der Waals surface area (Å²) in [5.41, 5.74) is 1.44. The molecule has 0 bridgehead atoms. The molecule has 2 fully saturated rings. The van der Waals surface area contributed by atoms with Gasteiger partial charge in [-0.25, -0.2) is 8.42 Å². The number of sulfonamides is 1. The average molecular weight is 443 g/mol. The fourth-order valence-electron chi connectivity index (χ4n) is 4.44. The van der Waals surface area contributed by atoms with E-state index in [9.17, 15) is 13.2 Å². The summed E-state index contributed by atoms with van der Waals surface area (Å²) in [5.74, 6) is 0.0754. The Labute approximate surface area is 184 Å². The topological polar surface area (TPSA) is 82.6 Å². The molecule has 2 unspecified atom stereocenters. The summed E-state index contributed by atoms with van der Waals surface area (Å²) in [6.07, 6.45) is 4.43. The molecule has 2 atom stereocenters. The van der Waals surface area contributed by atoms with E-state index in [0.29, 0.717) is 18.7 Å². The maximum absolute atomic E-state index is 12.9. The summed E-state index contributed by atoms with van der Waals surface area (Å²) in [6, 6.07) is 12.4. The lowest BCUT2D eigenvalue weighted by Crippen LogP contribution is -2.49. The van der Waals surface area contributed by atoms with Gasteiger partial charge in [-0.2, -0.15) is 4.31 Å². The summed E-state index contributed by atoms with van der Waals surface area (Å²) in [6.45, 7) is 5.81. The van der Waals surface area contributed by atoms with Crippen molar-refractivity contribution < 1.29 is 13.2 Å². The minimum atomic E-state index is -3.53. The fourth-order valence-corrected chi connectivity index (χ4v) is 6.00. The minimum Gasteiger partial charge on any atom is -0.349 e. The third-order valence-electron chi connectivity index (χ3n) is 6.22. The first-order valence-corrected chi connectivity index (χ1v) is 12.4. The number of likely N-dealkylation sites (tertiary alicyclic amines) is 1. The number of carbonyl (C=O) groups is 1. The molecule has 7 nitrogen and oxygen atoms in total. The van der Waals surface area contributed by atoms with Crippen molar-refractivity contribution in [1.29, 1.82) is 0 Å². The minimum absolute atomic E-state index is 0.0614. The lowest BCUT2D eigenvalue weighted by atomic mass is 9.93. The lowest BCUT2D eigenvalue weighted by molar-refractivity contribution is 0.0859. The van der Waals surface area contributed by atoms with Gasteiger partial charge in [0.05, 0.1) is 10.6 Å². The summed E-state index contributed by atoms with van der Waals surface area (Å²) < 4.78 is 27.1. The monoisotopic (exact) mass is 442 g/mol. The van der Waals surface area contributed by atoms with Crippen molar-refractivity contribution >= 4 is 15.9 Å². The summed E-state index contributed by atoms with van der Waals surface area (Å²) >= 11 is 0. The van der Waals surface area contributed by atoms with Crippen molar-refractivity contribution in [3.05, 3.63) is 59.9 Å². The zero-order chi connectivity index (χ0) is 21.8. The number of nitrogens with zero attached hydrogens (tertiary/aromatic N) is 3. The van der Waals surface area contributed by atoms with E-state index in [-0.39, 0.29) is 22.8 Å². The van der Waals surface area contributed by atoms with Crippen LogP contribution in [0.5, 0.6) is 0 Å². The van der Waals surface area contributed by atoms with Crippen molar-refractivity contribution in [2.75, 3.05) is 26.2 Å². The van der Waals surface area contributed by atoms with Crippen molar-refractivity contribution in [3.63, 3.8) is 0 Å². The van der Waals surface area contributed by atoms with Crippen LogP contribution >= 0.6 is 0 Å². The maximum atomic E-state index is 12.9. The fraction of sp³-hybridized carbons (Fsp3) is 0.478. The average Bonchev–Trinajstić information content (AvgIpc) is 3.32. The zero-order valence-corrected chi connectivity index (χ0v) is 18.7. The van der Waals surface area contributed by atoms with Gasteiger partial charge >= 0.3 is 0 Å². The van der Waals surface area contributed by atoms with E-state index in [2.05, 4.69) is 22.1 Å². The molecule has 1 N–H and O–H groups in total. The van der Waals surface area contributed by atoms with Gasteiger partial charge in [-0.3, -0.25) is 14.7 Å². The van der Waals surface area contributed by atoms with Crippen molar-refractivity contribution in [2.24, 2.45) is 5.92 Å². The van der Waals surface area contributed by atoms with Gasteiger partial charge in [-0.1, -0.05) is 19.1 Å². The highest BCUT2D eigenvalue weighted by atomic mass is 32.2. The molecule has 2 aliphatic heterocycles. The molecular weight excluding hydrogens is 412 g/mol. The van der Waals surface area contributed by atoms with Crippen molar-refractivity contribution in [1.82, 2.24) is 19.5 Å². The Morgan fingerprint density at radius 1 is 1.13 bits per heavy atom. The summed E-state index contributed by atoms with van der Waals surface area (Å²) in [7, 11) is -3.53. The number of hydrogen-bond acceptors (Lipinski definition) is 5. The quantitative estimate of drug-likeness (QED) is 0.743. The number of amides is 1. The summed E-state index contributed by atoms with van der Waals surface area (Å²) in [5, 5.41) is 3.13. The number of piperidine rings is 1. The van der Waals surface area contributed by atoms with E-state index in [1.54, 1.807) is 18.2 Å². The van der Waals surface area contributed by atoms with Gasteiger partial charge in [-0.05, 0) is 55.5 Å². The van der Waals surface area contributed by atoms with Crippen LogP contribution in [0.25, 0.3) is 0 Å². The Morgan fingerprint density at radius 2 is 1.94 bits per heavy atom. The van der Waals surface area contributed by atoms with Crippen LogP contribution < -0.4 is 5.32 Å².